The number of nitrogens with two attached hydrogens (primary N) is 2. The van der Waals surface area contributed by atoms with Crippen molar-refractivity contribution in [3.05, 3.63) is 167 Å². The first-order valence-corrected chi connectivity index (χ1v) is 14.9. The van der Waals surface area contributed by atoms with Gasteiger partial charge in [0.25, 0.3) is 0 Å². The molecule has 0 amide bonds. The average molecular weight is 625 g/mol. The van der Waals surface area contributed by atoms with Crippen LogP contribution in [0, 0.1) is 35.5 Å². The van der Waals surface area contributed by atoms with Gasteiger partial charge in [-0.15, -0.1) is 0 Å². The van der Waals surface area contributed by atoms with Crippen LogP contribution in [0.25, 0.3) is 0 Å². The van der Waals surface area contributed by atoms with E-state index in [9.17, 15) is 10.2 Å². The van der Waals surface area contributed by atoms with Crippen molar-refractivity contribution in [2.75, 3.05) is 11.5 Å². The molecule has 230 valence electrons. The van der Waals surface area contributed by atoms with Crippen molar-refractivity contribution in [3.63, 3.8) is 0 Å². The number of rotatable bonds is 4. The topological polar surface area (TPSA) is 111 Å². The molecule has 6 aromatic rings. The standard InChI is InChI=1S/C42H28N2O4/c43-37-24-19-32(26-39(37)45)47-41-28-42(48-33-20-25-38(44)40(46)27-33)36(23-18-31-14-8-3-9-15-31)34(21-16-29-10-4-1-5-11-29)35(41)22-17-30-12-6-2-7-13-30/h1-15,19-20,24-28,45-46H,43-44H2. The normalized spacial score (nSPS) is 9.92. The summed E-state index contributed by atoms with van der Waals surface area (Å²) in [6, 6.07) is 39.5. The zero-order valence-corrected chi connectivity index (χ0v) is 25.6. The Morgan fingerprint density at radius 2 is 0.750 bits per heavy atom. The van der Waals surface area contributed by atoms with E-state index in [2.05, 4.69) is 35.5 Å². The number of aromatic hydroxyl groups is 2. The van der Waals surface area contributed by atoms with E-state index in [1.165, 1.54) is 12.1 Å². The van der Waals surface area contributed by atoms with Crippen molar-refractivity contribution in [1.82, 2.24) is 0 Å². The second-order valence-corrected chi connectivity index (χ2v) is 10.5. The first-order chi connectivity index (χ1) is 23.4. The summed E-state index contributed by atoms with van der Waals surface area (Å²) in [5, 5.41) is 20.7. The molecule has 0 fully saturated rings. The molecular formula is C42H28N2O4. The first-order valence-electron chi connectivity index (χ1n) is 14.9. The van der Waals surface area contributed by atoms with Crippen LogP contribution in [-0.2, 0) is 0 Å². The highest BCUT2D eigenvalue weighted by Crippen LogP contribution is 2.40. The van der Waals surface area contributed by atoms with Crippen molar-refractivity contribution in [1.29, 1.82) is 0 Å². The van der Waals surface area contributed by atoms with E-state index in [1.807, 2.05) is 91.0 Å². The van der Waals surface area contributed by atoms with Gasteiger partial charge in [0.1, 0.15) is 34.5 Å². The van der Waals surface area contributed by atoms with Crippen LogP contribution in [0.2, 0.25) is 0 Å². The fraction of sp³-hybridized carbons (Fsp3) is 0. The number of hydrogen-bond acceptors (Lipinski definition) is 6. The SMILES string of the molecule is Nc1ccc(Oc2cc(Oc3ccc(N)c(O)c3)c(C#Cc3ccccc3)c(C#Cc3ccccc3)c2C#Cc2ccccc2)cc1O. The summed E-state index contributed by atoms with van der Waals surface area (Å²) < 4.78 is 12.8. The number of anilines is 2. The van der Waals surface area contributed by atoms with Gasteiger partial charge in [-0.05, 0) is 60.7 Å². The van der Waals surface area contributed by atoms with Crippen LogP contribution in [0.5, 0.6) is 34.5 Å². The Labute approximate surface area is 278 Å². The van der Waals surface area contributed by atoms with E-state index in [4.69, 9.17) is 20.9 Å². The maximum Gasteiger partial charge on any atom is 0.148 e. The lowest BCUT2D eigenvalue weighted by molar-refractivity contribution is 0.444. The fourth-order valence-electron chi connectivity index (χ4n) is 4.57. The van der Waals surface area contributed by atoms with Crippen molar-refractivity contribution >= 4 is 11.4 Å². The van der Waals surface area contributed by atoms with Crippen LogP contribution in [-0.4, -0.2) is 10.2 Å². The van der Waals surface area contributed by atoms with Gasteiger partial charge < -0.3 is 31.2 Å². The molecule has 0 aliphatic rings. The molecule has 6 nitrogen and oxygen atoms in total. The molecule has 6 rings (SSSR count). The van der Waals surface area contributed by atoms with E-state index in [0.29, 0.717) is 39.7 Å². The molecule has 0 heterocycles. The minimum absolute atomic E-state index is 0.132. The third-order valence-electron chi connectivity index (χ3n) is 7.03. The zero-order chi connectivity index (χ0) is 33.3. The summed E-state index contributed by atoms with van der Waals surface area (Å²) >= 11 is 0. The predicted molar refractivity (Wildman–Crippen MR) is 189 cm³/mol. The Morgan fingerprint density at radius 1 is 0.396 bits per heavy atom. The summed E-state index contributed by atoms with van der Waals surface area (Å²) in [7, 11) is 0. The molecule has 6 N–H and O–H groups in total. The van der Waals surface area contributed by atoms with E-state index >= 15 is 0 Å². The van der Waals surface area contributed by atoms with Crippen LogP contribution >= 0.6 is 0 Å². The highest BCUT2D eigenvalue weighted by molar-refractivity contribution is 5.72. The summed E-state index contributed by atoms with van der Waals surface area (Å²) in [6.45, 7) is 0. The van der Waals surface area contributed by atoms with Gasteiger partial charge in [0, 0.05) is 34.9 Å². The maximum absolute atomic E-state index is 10.4. The largest absolute Gasteiger partial charge is 0.506 e. The predicted octanol–water partition coefficient (Wildman–Crippen LogP) is 8.05. The molecule has 6 aromatic carbocycles. The van der Waals surface area contributed by atoms with Gasteiger partial charge in [-0.25, -0.2) is 0 Å². The lowest BCUT2D eigenvalue weighted by Crippen LogP contribution is -2.00. The third-order valence-corrected chi connectivity index (χ3v) is 7.03. The molecular weight excluding hydrogens is 596 g/mol. The van der Waals surface area contributed by atoms with Crippen molar-refractivity contribution in [2.24, 2.45) is 0 Å². The maximum atomic E-state index is 10.4. The average Bonchev–Trinajstić information content (AvgIpc) is 3.11. The number of nitrogen functional groups attached to an aromatic ring is 2. The monoisotopic (exact) mass is 624 g/mol. The quantitative estimate of drug-likeness (QED) is 0.0898. The van der Waals surface area contributed by atoms with Gasteiger partial charge in [-0.1, -0.05) is 90.1 Å². The number of phenolic OH excluding ortho intramolecular Hbond substituents is 2. The highest BCUT2D eigenvalue weighted by Gasteiger charge is 2.20. The Bertz CT molecular complexity index is 2150. The summed E-state index contributed by atoms with van der Waals surface area (Å²) in [5.74, 6) is 20.5. The Hall–Kier alpha value is -7.20. The third kappa shape index (κ3) is 7.53. The minimum Gasteiger partial charge on any atom is -0.506 e. The summed E-state index contributed by atoms with van der Waals surface area (Å²) in [5.41, 5.74) is 15.8. The Kier molecular flexibility index (Phi) is 9.16. The zero-order valence-electron chi connectivity index (χ0n) is 25.6. The van der Waals surface area contributed by atoms with E-state index in [0.717, 1.165) is 16.7 Å². The molecule has 0 unspecified atom stereocenters. The lowest BCUT2D eigenvalue weighted by atomic mass is 9.97. The van der Waals surface area contributed by atoms with Crippen molar-refractivity contribution in [2.45, 2.75) is 0 Å². The molecule has 0 saturated carbocycles. The Balaban J connectivity index is 1.65. The second kappa shape index (κ2) is 14.3. The summed E-state index contributed by atoms with van der Waals surface area (Å²) in [6.07, 6.45) is 0. The van der Waals surface area contributed by atoms with Crippen LogP contribution < -0.4 is 20.9 Å². The van der Waals surface area contributed by atoms with Crippen LogP contribution in [0.4, 0.5) is 11.4 Å². The smallest absolute Gasteiger partial charge is 0.148 e. The van der Waals surface area contributed by atoms with Crippen molar-refractivity contribution < 1.29 is 19.7 Å². The molecule has 0 radical (unpaired) electrons. The number of hydrogen-bond donors (Lipinski definition) is 4. The second-order valence-electron chi connectivity index (χ2n) is 10.5. The number of ether oxygens (including phenoxy) is 2. The minimum atomic E-state index is -0.132. The molecule has 0 aliphatic heterocycles. The first kappa shape index (κ1) is 30.8. The van der Waals surface area contributed by atoms with E-state index in [-0.39, 0.29) is 22.9 Å². The number of benzene rings is 6. The molecule has 0 saturated heterocycles. The van der Waals surface area contributed by atoms with Gasteiger partial charge >= 0.3 is 0 Å². The van der Waals surface area contributed by atoms with E-state index in [1.54, 1.807) is 30.3 Å². The van der Waals surface area contributed by atoms with Crippen LogP contribution in [0.1, 0.15) is 33.4 Å². The molecule has 0 bridgehead atoms. The highest BCUT2D eigenvalue weighted by atomic mass is 16.5. The van der Waals surface area contributed by atoms with E-state index < -0.39 is 0 Å². The molecule has 0 spiro atoms. The van der Waals surface area contributed by atoms with Gasteiger partial charge in [-0.2, -0.15) is 0 Å². The molecule has 48 heavy (non-hydrogen) atoms. The lowest BCUT2D eigenvalue weighted by Gasteiger charge is -2.16. The van der Waals surface area contributed by atoms with Gasteiger partial charge in [-0.3, -0.25) is 0 Å². The van der Waals surface area contributed by atoms with Gasteiger partial charge in [0.05, 0.1) is 28.1 Å². The van der Waals surface area contributed by atoms with Crippen LogP contribution in [0.15, 0.2) is 133 Å². The van der Waals surface area contributed by atoms with Gasteiger partial charge in [0.15, 0.2) is 0 Å². The molecule has 0 aromatic heterocycles. The molecule has 0 aliphatic carbocycles. The summed E-state index contributed by atoms with van der Waals surface area (Å²) in [4.78, 5) is 0. The Morgan fingerprint density at radius 3 is 1.10 bits per heavy atom. The molecule has 6 heteroatoms. The molecule has 0 atom stereocenters. The van der Waals surface area contributed by atoms with Gasteiger partial charge in [0.2, 0.25) is 0 Å². The van der Waals surface area contributed by atoms with Crippen LogP contribution in [0.3, 0.4) is 0 Å². The van der Waals surface area contributed by atoms with Crippen molar-refractivity contribution in [3.8, 4) is 70.0 Å². The fourth-order valence-corrected chi connectivity index (χ4v) is 4.57. The number of phenols is 2.